The molecule has 0 aliphatic carbocycles. The Hall–Kier alpha value is -0.630. The molecular formula is C14H14Br2N2O2S. The van der Waals surface area contributed by atoms with Gasteiger partial charge in [-0.1, -0.05) is 15.9 Å². The Bertz CT molecular complexity index is 786. The zero-order valence-corrected chi connectivity index (χ0v) is 15.3. The SMILES string of the molecule is CC1c2cccn2CCN1S(=O)(=O)c1ccc(Br)cc1Br. The molecule has 0 N–H and O–H groups in total. The second-order valence-electron chi connectivity index (χ2n) is 4.99. The van der Waals surface area contributed by atoms with Gasteiger partial charge in [-0.2, -0.15) is 4.31 Å². The van der Waals surface area contributed by atoms with Gasteiger partial charge in [0.1, 0.15) is 0 Å². The molecule has 0 radical (unpaired) electrons. The van der Waals surface area contributed by atoms with Gasteiger partial charge in [-0.3, -0.25) is 0 Å². The molecule has 0 bridgehead atoms. The summed E-state index contributed by atoms with van der Waals surface area (Å²) in [4.78, 5) is 0.303. The maximum absolute atomic E-state index is 12.9. The van der Waals surface area contributed by atoms with Crippen LogP contribution in [0.3, 0.4) is 0 Å². The van der Waals surface area contributed by atoms with Gasteiger partial charge < -0.3 is 4.57 Å². The van der Waals surface area contributed by atoms with Gasteiger partial charge in [0, 0.05) is 33.9 Å². The van der Waals surface area contributed by atoms with Crippen LogP contribution >= 0.6 is 31.9 Å². The van der Waals surface area contributed by atoms with Crippen molar-refractivity contribution in [2.75, 3.05) is 6.54 Å². The number of aromatic nitrogens is 1. The van der Waals surface area contributed by atoms with E-state index in [4.69, 9.17) is 0 Å². The summed E-state index contributed by atoms with van der Waals surface area (Å²) < 4.78 is 31.0. The minimum Gasteiger partial charge on any atom is -0.349 e. The standard InChI is InChI=1S/C14H14Br2N2O2S/c1-10-13-3-2-6-17(13)7-8-18(10)21(19,20)14-5-4-11(15)9-12(14)16/h2-6,9-10H,7-8H2,1H3. The number of hydrogen-bond acceptors (Lipinski definition) is 2. The van der Waals surface area contributed by atoms with E-state index >= 15 is 0 Å². The lowest BCUT2D eigenvalue weighted by Crippen LogP contribution is -2.40. The Balaban J connectivity index is 2.03. The molecule has 1 aromatic carbocycles. The largest absolute Gasteiger partial charge is 0.349 e. The van der Waals surface area contributed by atoms with Crippen LogP contribution < -0.4 is 0 Å². The Labute approximate surface area is 141 Å². The molecule has 1 aromatic heterocycles. The molecule has 1 aliphatic heterocycles. The fourth-order valence-electron chi connectivity index (χ4n) is 2.70. The Kier molecular flexibility index (Phi) is 4.02. The van der Waals surface area contributed by atoms with Crippen molar-refractivity contribution in [2.24, 2.45) is 0 Å². The van der Waals surface area contributed by atoms with Crippen LogP contribution in [0.5, 0.6) is 0 Å². The van der Waals surface area contributed by atoms with Crippen LogP contribution in [0.15, 0.2) is 50.4 Å². The number of nitrogens with zero attached hydrogens (tertiary/aromatic N) is 2. The van der Waals surface area contributed by atoms with Crippen molar-refractivity contribution in [1.82, 2.24) is 8.87 Å². The predicted octanol–water partition coefficient (Wildman–Crippen LogP) is 3.78. The van der Waals surface area contributed by atoms with Crippen LogP contribution in [0.25, 0.3) is 0 Å². The van der Waals surface area contributed by atoms with E-state index in [-0.39, 0.29) is 6.04 Å². The molecule has 1 unspecified atom stereocenters. The number of halogens is 2. The molecule has 2 aromatic rings. The molecular weight excluding hydrogens is 420 g/mol. The minimum absolute atomic E-state index is 0.172. The summed E-state index contributed by atoms with van der Waals surface area (Å²) in [7, 11) is -3.53. The van der Waals surface area contributed by atoms with Crippen molar-refractivity contribution >= 4 is 41.9 Å². The normalized spacial score (nSPS) is 19.5. The first kappa shape index (κ1) is 15.3. The average molecular weight is 434 g/mol. The van der Waals surface area contributed by atoms with Gasteiger partial charge in [-0.25, -0.2) is 8.42 Å². The molecule has 0 spiro atoms. The zero-order chi connectivity index (χ0) is 15.2. The first-order chi connectivity index (χ1) is 9.91. The minimum atomic E-state index is -3.53. The van der Waals surface area contributed by atoms with E-state index in [1.165, 1.54) is 0 Å². The predicted molar refractivity (Wildman–Crippen MR) is 88.6 cm³/mol. The number of rotatable bonds is 2. The van der Waals surface area contributed by atoms with Crippen LogP contribution in [0.1, 0.15) is 18.7 Å². The van der Waals surface area contributed by atoms with Gasteiger partial charge in [0.25, 0.3) is 0 Å². The summed E-state index contributed by atoms with van der Waals surface area (Å²) in [6, 6.07) is 8.89. The van der Waals surface area contributed by atoms with Crippen molar-refractivity contribution in [1.29, 1.82) is 0 Å². The lowest BCUT2D eigenvalue weighted by Gasteiger charge is -2.34. The van der Waals surface area contributed by atoms with E-state index in [2.05, 4.69) is 36.4 Å². The highest BCUT2D eigenvalue weighted by molar-refractivity contribution is 9.11. The highest BCUT2D eigenvalue weighted by Gasteiger charge is 2.34. The first-order valence-corrected chi connectivity index (χ1v) is 9.56. The third-order valence-corrected chi connectivity index (χ3v) is 7.21. The molecule has 0 saturated carbocycles. The third kappa shape index (κ3) is 2.60. The van der Waals surface area contributed by atoms with Crippen LogP contribution in [0.4, 0.5) is 0 Å². The topological polar surface area (TPSA) is 42.3 Å². The Morgan fingerprint density at radius 1 is 1.19 bits per heavy atom. The number of sulfonamides is 1. The van der Waals surface area contributed by atoms with Gasteiger partial charge in [0.2, 0.25) is 10.0 Å². The van der Waals surface area contributed by atoms with E-state index in [0.29, 0.717) is 22.5 Å². The third-order valence-electron chi connectivity index (χ3n) is 3.77. The van der Waals surface area contributed by atoms with Crippen LogP contribution in [0.2, 0.25) is 0 Å². The highest BCUT2D eigenvalue weighted by Crippen LogP contribution is 2.34. The molecule has 0 saturated heterocycles. The van der Waals surface area contributed by atoms with Gasteiger partial charge in [0.05, 0.1) is 10.9 Å². The van der Waals surface area contributed by atoms with E-state index in [1.54, 1.807) is 22.5 Å². The van der Waals surface area contributed by atoms with E-state index in [9.17, 15) is 8.42 Å². The molecule has 1 atom stereocenters. The van der Waals surface area contributed by atoms with E-state index in [0.717, 1.165) is 10.2 Å². The molecule has 1 aliphatic rings. The molecule has 0 fully saturated rings. The molecule has 112 valence electrons. The monoisotopic (exact) mass is 432 g/mol. The molecule has 2 heterocycles. The van der Waals surface area contributed by atoms with Crippen LogP contribution in [0, 0.1) is 0 Å². The molecule has 7 heteroatoms. The number of fused-ring (bicyclic) bond motifs is 1. The maximum atomic E-state index is 12.9. The summed E-state index contributed by atoms with van der Waals surface area (Å²) in [6.45, 7) is 3.09. The quantitative estimate of drug-likeness (QED) is 0.723. The molecule has 3 rings (SSSR count). The zero-order valence-electron chi connectivity index (χ0n) is 11.3. The summed E-state index contributed by atoms with van der Waals surface area (Å²) >= 11 is 6.70. The van der Waals surface area contributed by atoms with Gasteiger partial charge in [0.15, 0.2) is 0 Å². The summed E-state index contributed by atoms with van der Waals surface area (Å²) in [5.74, 6) is 0. The second kappa shape index (κ2) is 5.53. The second-order valence-corrected chi connectivity index (χ2v) is 8.62. The fourth-order valence-corrected chi connectivity index (χ4v) is 6.00. The van der Waals surface area contributed by atoms with E-state index < -0.39 is 10.0 Å². The fraction of sp³-hybridized carbons (Fsp3) is 0.286. The van der Waals surface area contributed by atoms with Crippen molar-refractivity contribution < 1.29 is 8.42 Å². The molecule has 0 amide bonds. The van der Waals surface area contributed by atoms with E-state index in [1.807, 2.05) is 25.3 Å². The van der Waals surface area contributed by atoms with Crippen molar-refractivity contribution in [3.8, 4) is 0 Å². The summed E-state index contributed by atoms with van der Waals surface area (Å²) in [5.41, 5.74) is 1.03. The van der Waals surface area contributed by atoms with Crippen molar-refractivity contribution in [3.63, 3.8) is 0 Å². The summed E-state index contributed by atoms with van der Waals surface area (Å²) in [5, 5.41) is 0. The van der Waals surface area contributed by atoms with Gasteiger partial charge in [-0.15, -0.1) is 0 Å². The maximum Gasteiger partial charge on any atom is 0.244 e. The van der Waals surface area contributed by atoms with Crippen molar-refractivity contribution in [3.05, 3.63) is 51.2 Å². The van der Waals surface area contributed by atoms with Crippen molar-refractivity contribution in [2.45, 2.75) is 24.4 Å². The Morgan fingerprint density at radius 2 is 1.95 bits per heavy atom. The van der Waals surface area contributed by atoms with Crippen LogP contribution in [-0.4, -0.2) is 23.8 Å². The highest BCUT2D eigenvalue weighted by atomic mass is 79.9. The number of benzene rings is 1. The smallest absolute Gasteiger partial charge is 0.244 e. The molecule has 21 heavy (non-hydrogen) atoms. The lowest BCUT2D eigenvalue weighted by atomic mass is 10.2. The lowest BCUT2D eigenvalue weighted by molar-refractivity contribution is 0.282. The van der Waals surface area contributed by atoms with Gasteiger partial charge in [-0.05, 0) is 53.2 Å². The Morgan fingerprint density at radius 3 is 2.67 bits per heavy atom. The number of hydrogen-bond donors (Lipinski definition) is 0. The van der Waals surface area contributed by atoms with Crippen LogP contribution in [-0.2, 0) is 16.6 Å². The van der Waals surface area contributed by atoms with Gasteiger partial charge >= 0.3 is 0 Å². The average Bonchev–Trinajstić information content (AvgIpc) is 2.87. The summed E-state index contributed by atoms with van der Waals surface area (Å²) in [6.07, 6.45) is 1.99. The molecule has 4 nitrogen and oxygen atoms in total. The first-order valence-electron chi connectivity index (χ1n) is 6.53.